The molecule has 2 aromatic heterocycles. The van der Waals surface area contributed by atoms with Crippen LogP contribution < -0.4 is 21.5 Å². The Hall–Kier alpha value is -2.00. The summed E-state index contributed by atoms with van der Waals surface area (Å²) in [6.45, 7) is 2.53. The van der Waals surface area contributed by atoms with E-state index < -0.39 is 0 Å². The molecule has 0 atom stereocenters. The Morgan fingerprint density at radius 3 is 2.53 bits per heavy atom. The third-order valence-electron chi connectivity index (χ3n) is 2.22. The first kappa shape index (κ1) is 13.4. The smallest absolute Gasteiger partial charge is 0.243 e. The molecule has 0 saturated carbocycles. The van der Waals surface area contributed by atoms with Crippen molar-refractivity contribution in [3.05, 3.63) is 16.1 Å². The molecule has 0 radical (unpaired) electrons. The molecule has 0 unspecified atom stereocenters. The molecule has 2 aromatic rings. The molecule has 0 bridgehead atoms. The van der Waals surface area contributed by atoms with E-state index in [0.717, 1.165) is 10.7 Å². The Kier molecular flexibility index (Phi) is 4.07. The van der Waals surface area contributed by atoms with Crippen molar-refractivity contribution in [2.45, 2.75) is 13.5 Å². The molecule has 2 rings (SSSR count). The second-order valence-corrected chi connectivity index (χ2v) is 5.00. The van der Waals surface area contributed by atoms with E-state index >= 15 is 0 Å². The van der Waals surface area contributed by atoms with Crippen molar-refractivity contribution in [2.24, 2.45) is 5.84 Å². The molecule has 0 fully saturated rings. The molecule has 4 N–H and O–H groups in total. The molecule has 19 heavy (non-hydrogen) atoms. The molecule has 0 saturated heterocycles. The summed E-state index contributed by atoms with van der Waals surface area (Å²) in [5, 5.41) is 6.09. The Morgan fingerprint density at radius 1 is 1.21 bits per heavy atom. The molecule has 0 spiro atoms. The van der Waals surface area contributed by atoms with Gasteiger partial charge >= 0.3 is 0 Å². The van der Waals surface area contributed by atoms with Gasteiger partial charge in [-0.15, -0.1) is 11.3 Å². The van der Waals surface area contributed by atoms with Crippen LogP contribution in [-0.4, -0.2) is 34.0 Å². The van der Waals surface area contributed by atoms with Crippen LogP contribution in [0.1, 0.15) is 10.7 Å². The van der Waals surface area contributed by atoms with E-state index in [9.17, 15) is 0 Å². The van der Waals surface area contributed by atoms with E-state index in [1.54, 1.807) is 16.2 Å². The first-order valence-corrected chi connectivity index (χ1v) is 6.51. The number of nitrogen functional groups attached to an aromatic ring is 1. The number of nitrogens with zero attached hydrogens (tertiary/aromatic N) is 5. The Morgan fingerprint density at radius 2 is 1.95 bits per heavy atom. The maximum absolute atomic E-state index is 5.34. The molecule has 9 heteroatoms. The summed E-state index contributed by atoms with van der Waals surface area (Å²) >= 11 is 1.59. The lowest BCUT2D eigenvalue weighted by Gasteiger charge is -2.12. The fourth-order valence-corrected chi connectivity index (χ4v) is 2.06. The second kappa shape index (κ2) is 5.76. The van der Waals surface area contributed by atoms with Gasteiger partial charge in [0.05, 0.1) is 6.54 Å². The second-order valence-electron chi connectivity index (χ2n) is 4.06. The van der Waals surface area contributed by atoms with Crippen LogP contribution in [0.2, 0.25) is 0 Å². The van der Waals surface area contributed by atoms with E-state index in [1.165, 1.54) is 0 Å². The predicted octanol–water partition coefficient (Wildman–Crippen LogP) is 0.600. The minimum atomic E-state index is 0.316. The summed E-state index contributed by atoms with van der Waals surface area (Å²) in [5.41, 5.74) is 3.43. The number of aromatic nitrogens is 4. The minimum absolute atomic E-state index is 0.316. The SMILES string of the molecule is Cc1csc(CNc2nc(NN)nc(N(C)C)n2)n1. The fraction of sp³-hybridized carbons (Fsp3) is 0.400. The van der Waals surface area contributed by atoms with Gasteiger partial charge in [0, 0.05) is 25.2 Å². The van der Waals surface area contributed by atoms with Crippen LogP contribution in [0.15, 0.2) is 5.38 Å². The Balaban J connectivity index is 2.12. The number of hydrazine groups is 1. The lowest BCUT2D eigenvalue weighted by Crippen LogP contribution is -2.19. The van der Waals surface area contributed by atoms with E-state index in [-0.39, 0.29) is 0 Å². The number of aryl methyl sites for hydroxylation is 1. The molecule has 0 aliphatic carbocycles. The maximum atomic E-state index is 5.34. The lowest BCUT2D eigenvalue weighted by molar-refractivity contribution is 0.935. The molecule has 0 amide bonds. The van der Waals surface area contributed by atoms with Gasteiger partial charge in [0.15, 0.2) is 0 Å². The summed E-state index contributed by atoms with van der Waals surface area (Å²) in [6, 6.07) is 0. The number of thiazole rings is 1. The van der Waals surface area contributed by atoms with Crippen LogP contribution in [0, 0.1) is 6.92 Å². The van der Waals surface area contributed by atoms with Crippen LogP contribution >= 0.6 is 11.3 Å². The van der Waals surface area contributed by atoms with Crippen molar-refractivity contribution >= 4 is 29.2 Å². The molecular weight excluding hydrogens is 264 g/mol. The van der Waals surface area contributed by atoms with Gasteiger partial charge in [-0.05, 0) is 6.92 Å². The van der Waals surface area contributed by atoms with E-state index in [0.29, 0.717) is 24.4 Å². The van der Waals surface area contributed by atoms with Gasteiger partial charge < -0.3 is 10.2 Å². The largest absolute Gasteiger partial charge is 0.348 e. The van der Waals surface area contributed by atoms with E-state index in [1.807, 2.05) is 26.4 Å². The molecule has 0 aliphatic rings. The monoisotopic (exact) mass is 280 g/mol. The number of hydrogen-bond acceptors (Lipinski definition) is 9. The summed E-state index contributed by atoms with van der Waals surface area (Å²) in [6.07, 6.45) is 0. The van der Waals surface area contributed by atoms with Crippen LogP contribution in [0.3, 0.4) is 0 Å². The zero-order chi connectivity index (χ0) is 13.8. The molecular formula is C10H16N8S. The van der Waals surface area contributed by atoms with Gasteiger partial charge in [-0.3, -0.25) is 5.43 Å². The van der Waals surface area contributed by atoms with E-state index in [2.05, 4.69) is 30.7 Å². The highest BCUT2D eigenvalue weighted by molar-refractivity contribution is 7.09. The van der Waals surface area contributed by atoms with Crippen molar-refractivity contribution in [1.29, 1.82) is 0 Å². The van der Waals surface area contributed by atoms with Crippen LogP contribution in [0.4, 0.5) is 17.8 Å². The quantitative estimate of drug-likeness (QED) is 0.540. The van der Waals surface area contributed by atoms with Crippen molar-refractivity contribution in [3.8, 4) is 0 Å². The highest BCUT2D eigenvalue weighted by atomic mass is 32.1. The van der Waals surface area contributed by atoms with Gasteiger partial charge in [0.1, 0.15) is 5.01 Å². The van der Waals surface area contributed by atoms with Crippen LogP contribution in [0.5, 0.6) is 0 Å². The van der Waals surface area contributed by atoms with Gasteiger partial charge in [0.2, 0.25) is 17.8 Å². The summed E-state index contributed by atoms with van der Waals surface area (Å²) in [5.74, 6) is 6.64. The zero-order valence-electron chi connectivity index (χ0n) is 11.0. The fourth-order valence-electron chi connectivity index (χ4n) is 1.35. The lowest BCUT2D eigenvalue weighted by atomic mass is 10.6. The van der Waals surface area contributed by atoms with Gasteiger partial charge in [-0.1, -0.05) is 0 Å². The zero-order valence-corrected chi connectivity index (χ0v) is 11.8. The van der Waals surface area contributed by atoms with Gasteiger partial charge in [-0.25, -0.2) is 10.8 Å². The summed E-state index contributed by atoms with van der Waals surface area (Å²) < 4.78 is 0. The van der Waals surface area contributed by atoms with Crippen LogP contribution in [-0.2, 0) is 6.54 Å². The maximum Gasteiger partial charge on any atom is 0.243 e. The van der Waals surface area contributed by atoms with Crippen molar-refractivity contribution in [2.75, 3.05) is 29.7 Å². The third-order valence-corrected chi connectivity index (χ3v) is 3.18. The Bertz CT molecular complexity index is 552. The number of nitrogens with two attached hydrogens (primary N) is 1. The highest BCUT2D eigenvalue weighted by Gasteiger charge is 2.07. The highest BCUT2D eigenvalue weighted by Crippen LogP contribution is 2.13. The number of nitrogens with one attached hydrogen (secondary N) is 2. The Labute approximate surface area is 115 Å². The van der Waals surface area contributed by atoms with Gasteiger partial charge in [0.25, 0.3) is 0 Å². The number of hydrogen-bond donors (Lipinski definition) is 3. The average Bonchev–Trinajstić information content (AvgIpc) is 2.81. The summed E-state index contributed by atoms with van der Waals surface area (Å²) in [4.78, 5) is 18.7. The molecule has 0 aliphatic heterocycles. The third kappa shape index (κ3) is 3.48. The van der Waals surface area contributed by atoms with E-state index in [4.69, 9.17) is 5.84 Å². The number of anilines is 3. The minimum Gasteiger partial charge on any atom is -0.348 e. The standard InChI is InChI=1S/C10H16N8S/c1-6-5-19-7(13-6)4-12-8-14-9(17-11)16-10(15-8)18(2)3/h5H,4,11H2,1-3H3,(H2,12,14,15,16,17). The van der Waals surface area contributed by atoms with Crippen molar-refractivity contribution in [3.63, 3.8) is 0 Å². The topological polar surface area (TPSA) is 105 Å². The molecule has 0 aromatic carbocycles. The molecule has 8 nitrogen and oxygen atoms in total. The summed E-state index contributed by atoms with van der Waals surface area (Å²) in [7, 11) is 3.70. The molecule has 102 valence electrons. The first-order valence-electron chi connectivity index (χ1n) is 5.63. The predicted molar refractivity (Wildman–Crippen MR) is 76.1 cm³/mol. The average molecular weight is 280 g/mol. The molecule has 2 heterocycles. The first-order chi connectivity index (χ1) is 9.08. The van der Waals surface area contributed by atoms with Gasteiger partial charge in [-0.2, -0.15) is 15.0 Å². The number of rotatable bonds is 5. The van der Waals surface area contributed by atoms with Crippen LogP contribution in [0.25, 0.3) is 0 Å². The van der Waals surface area contributed by atoms with Crippen molar-refractivity contribution in [1.82, 2.24) is 19.9 Å². The normalized spacial score (nSPS) is 10.3. The van der Waals surface area contributed by atoms with Crippen molar-refractivity contribution < 1.29 is 0 Å².